The summed E-state index contributed by atoms with van der Waals surface area (Å²) in [5.74, 6) is 0.386. The maximum atomic E-state index is 12.4. The van der Waals surface area contributed by atoms with Crippen LogP contribution in [0, 0.1) is 5.92 Å². The molecule has 0 spiro atoms. The van der Waals surface area contributed by atoms with Gasteiger partial charge in [-0.3, -0.25) is 0 Å². The van der Waals surface area contributed by atoms with Gasteiger partial charge in [-0.05, 0) is 0 Å². The van der Waals surface area contributed by atoms with Crippen molar-refractivity contribution in [1.82, 2.24) is 0 Å². The summed E-state index contributed by atoms with van der Waals surface area (Å²) in [4.78, 5) is 14.2. The van der Waals surface area contributed by atoms with Crippen LogP contribution in [0.15, 0.2) is 24.3 Å². The molecule has 1 saturated carbocycles. The first-order valence-corrected chi connectivity index (χ1v) is 8.73. The van der Waals surface area contributed by atoms with Crippen LogP contribution >= 0.6 is 0 Å². The van der Waals surface area contributed by atoms with Gasteiger partial charge in [-0.25, -0.2) is 0 Å². The van der Waals surface area contributed by atoms with Gasteiger partial charge in [0.2, 0.25) is 0 Å². The van der Waals surface area contributed by atoms with Crippen LogP contribution in [0.2, 0.25) is 0 Å². The van der Waals surface area contributed by atoms with Crippen LogP contribution in [0.4, 0.5) is 5.69 Å². The van der Waals surface area contributed by atoms with E-state index < -0.39 is 15.8 Å². The van der Waals surface area contributed by atoms with Crippen molar-refractivity contribution in [2.45, 2.75) is 32.1 Å². The van der Waals surface area contributed by atoms with Crippen molar-refractivity contribution in [3.63, 3.8) is 0 Å². The number of carbonyl (C=O) groups excluding carboxylic acids is 1. The molecule has 0 aliphatic heterocycles. The second-order valence-electron chi connectivity index (χ2n) is 5.04. The molecule has 20 heavy (non-hydrogen) atoms. The quantitative estimate of drug-likeness (QED) is 0.506. The van der Waals surface area contributed by atoms with Gasteiger partial charge in [0.1, 0.15) is 0 Å². The van der Waals surface area contributed by atoms with E-state index in [1.165, 1.54) is 6.42 Å². The van der Waals surface area contributed by atoms with Crippen LogP contribution < -0.4 is 9.30 Å². The summed E-state index contributed by atoms with van der Waals surface area (Å²) in [6.07, 6.45) is 5.59. The van der Waals surface area contributed by atoms with E-state index in [4.69, 9.17) is 5.26 Å². The predicted octanol–water partition coefficient (Wildman–Crippen LogP) is 1.90. The van der Waals surface area contributed by atoms with E-state index in [0.717, 1.165) is 35.8 Å². The molecule has 0 atom stereocenters. The number of carbonyl (C=O) groups is 1. The summed E-state index contributed by atoms with van der Waals surface area (Å²) in [6, 6.07) is 7.61. The Balaban J connectivity index is 1.97. The second-order valence-corrected chi connectivity index (χ2v) is 7.03. The molecule has 5 nitrogen and oxygen atoms in total. The van der Waals surface area contributed by atoms with Gasteiger partial charge in [-0.2, -0.15) is 0 Å². The standard InChI is InChI=1S/C14H19GeNO4/c1-16(14(17)11-5-3-2-4-6-11)13-9-7-12(8-10-13)15-19-20-18/h7-11,18H,2-6H2,1H3. The van der Waals surface area contributed by atoms with E-state index in [1.807, 2.05) is 31.3 Å². The topological polar surface area (TPSA) is 59.0 Å². The van der Waals surface area contributed by atoms with E-state index in [-0.39, 0.29) is 11.8 Å². The van der Waals surface area contributed by atoms with Crippen LogP contribution in [0.3, 0.4) is 0 Å². The molecule has 0 heterocycles. The molecule has 1 aliphatic rings. The van der Waals surface area contributed by atoms with E-state index in [0.29, 0.717) is 0 Å². The van der Waals surface area contributed by atoms with Crippen molar-refractivity contribution in [1.29, 1.82) is 0 Å². The summed E-state index contributed by atoms with van der Waals surface area (Å²) >= 11 is -0.943. The molecule has 1 amide bonds. The third-order valence-electron chi connectivity index (χ3n) is 3.74. The third-order valence-corrected chi connectivity index (χ3v) is 5.26. The van der Waals surface area contributed by atoms with Crippen molar-refractivity contribution in [3.8, 4) is 0 Å². The number of benzene rings is 1. The van der Waals surface area contributed by atoms with Gasteiger partial charge < -0.3 is 0 Å². The van der Waals surface area contributed by atoms with Crippen LogP contribution in [-0.4, -0.2) is 34.0 Å². The van der Waals surface area contributed by atoms with E-state index in [9.17, 15) is 4.79 Å². The molecule has 1 N–H and O–H groups in total. The Bertz CT molecular complexity index is 431. The molecule has 1 aromatic rings. The summed E-state index contributed by atoms with van der Waals surface area (Å²) in [7, 11) is 1.83. The summed E-state index contributed by atoms with van der Waals surface area (Å²) < 4.78 is 5.55. The van der Waals surface area contributed by atoms with Crippen LogP contribution in [-0.2, 0) is 13.7 Å². The van der Waals surface area contributed by atoms with Gasteiger partial charge in [0.25, 0.3) is 0 Å². The zero-order chi connectivity index (χ0) is 14.4. The molecule has 2 rings (SSSR count). The summed E-state index contributed by atoms with van der Waals surface area (Å²) in [6.45, 7) is 0. The molecule has 0 bridgehead atoms. The summed E-state index contributed by atoms with van der Waals surface area (Å²) in [5.41, 5.74) is 0.890. The van der Waals surface area contributed by atoms with Gasteiger partial charge in [0, 0.05) is 0 Å². The Hall–Kier alpha value is -0.887. The predicted molar refractivity (Wildman–Crippen MR) is 76.6 cm³/mol. The number of hydrogen-bond donors (Lipinski definition) is 1. The Morgan fingerprint density at radius 3 is 2.50 bits per heavy atom. The summed E-state index contributed by atoms with van der Waals surface area (Å²) in [5, 5.41) is 11.8. The first-order valence-electron chi connectivity index (χ1n) is 6.83. The zero-order valence-electron chi connectivity index (χ0n) is 11.5. The van der Waals surface area contributed by atoms with E-state index in [1.54, 1.807) is 4.90 Å². The Kier molecular flexibility index (Phi) is 6.03. The molecule has 1 aromatic carbocycles. The Labute approximate surface area is 125 Å². The SMILES string of the molecule is CN(C(=O)C1CCCCC1)c1cc[c]([Ge][O]OO)cc1. The van der Waals surface area contributed by atoms with Gasteiger partial charge in [-0.15, -0.1) is 0 Å². The van der Waals surface area contributed by atoms with Gasteiger partial charge in [0.15, 0.2) is 0 Å². The third kappa shape index (κ3) is 4.05. The van der Waals surface area contributed by atoms with Crippen LogP contribution in [0.1, 0.15) is 32.1 Å². The molecule has 108 valence electrons. The molecule has 0 aromatic heterocycles. The molecule has 6 heteroatoms. The molecular weight excluding hydrogens is 319 g/mol. The van der Waals surface area contributed by atoms with Gasteiger partial charge in [-0.1, -0.05) is 0 Å². The monoisotopic (exact) mass is 339 g/mol. The number of rotatable bonds is 5. The number of amides is 1. The molecule has 0 unspecified atom stereocenters. The van der Waals surface area contributed by atoms with Crippen molar-refractivity contribution >= 4 is 31.8 Å². The average molecular weight is 338 g/mol. The van der Waals surface area contributed by atoms with E-state index in [2.05, 4.69) is 8.95 Å². The minimum absolute atomic E-state index is 0.174. The first-order chi connectivity index (χ1) is 9.72. The van der Waals surface area contributed by atoms with Crippen LogP contribution in [0.25, 0.3) is 0 Å². The first kappa shape index (κ1) is 15.5. The van der Waals surface area contributed by atoms with E-state index >= 15 is 0 Å². The molecule has 2 radical (unpaired) electrons. The minimum atomic E-state index is -0.943. The molecule has 1 aliphatic carbocycles. The van der Waals surface area contributed by atoms with Crippen molar-refractivity contribution in [3.05, 3.63) is 24.3 Å². The zero-order valence-corrected chi connectivity index (χ0v) is 13.6. The van der Waals surface area contributed by atoms with Gasteiger partial charge >= 0.3 is 125 Å². The van der Waals surface area contributed by atoms with Gasteiger partial charge in [0.05, 0.1) is 0 Å². The Morgan fingerprint density at radius 2 is 1.90 bits per heavy atom. The molecule has 0 saturated heterocycles. The van der Waals surface area contributed by atoms with Crippen molar-refractivity contribution in [2.75, 3.05) is 11.9 Å². The fourth-order valence-corrected chi connectivity index (χ4v) is 3.49. The Morgan fingerprint density at radius 1 is 1.25 bits per heavy atom. The molecule has 1 fully saturated rings. The van der Waals surface area contributed by atoms with Crippen molar-refractivity contribution in [2.24, 2.45) is 5.92 Å². The number of nitrogens with zero attached hydrogens (tertiary/aromatic N) is 1. The number of hydrogen-bond acceptors (Lipinski definition) is 4. The molecular formula is C14H19GeNO4. The average Bonchev–Trinajstić information content (AvgIpc) is 2.53. The van der Waals surface area contributed by atoms with Crippen molar-refractivity contribution < 1.29 is 19.0 Å². The fraction of sp³-hybridized carbons (Fsp3) is 0.500. The fourth-order valence-electron chi connectivity index (χ4n) is 2.57. The normalized spacial score (nSPS) is 16.1. The maximum absolute atomic E-state index is 12.4. The van der Waals surface area contributed by atoms with Crippen LogP contribution in [0.5, 0.6) is 0 Å². The second kappa shape index (κ2) is 7.78. The number of anilines is 1.